The van der Waals surface area contributed by atoms with E-state index in [0.717, 1.165) is 4.88 Å². The van der Waals surface area contributed by atoms with Gasteiger partial charge in [-0.2, -0.15) is 0 Å². The predicted molar refractivity (Wildman–Crippen MR) is 72.5 cm³/mol. The van der Waals surface area contributed by atoms with Crippen molar-refractivity contribution in [1.82, 2.24) is 0 Å². The van der Waals surface area contributed by atoms with E-state index >= 15 is 0 Å². The van der Waals surface area contributed by atoms with Crippen LogP contribution in [0.15, 0.2) is 29.6 Å². The largest absolute Gasteiger partial charge is 0.287 e. The van der Waals surface area contributed by atoms with Gasteiger partial charge in [0.05, 0.1) is 14.1 Å². The van der Waals surface area contributed by atoms with Crippen LogP contribution in [0.25, 0.3) is 9.40 Å². The molecule has 3 aromatic heterocycles. The fraction of sp³-hybridized carbons (Fsp3) is 0. The Labute approximate surface area is 109 Å². The molecule has 0 spiro atoms. The lowest BCUT2D eigenvalue weighted by Gasteiger charge is -1.90. The summed E-state index contributed by atoms with van der Waals surface area (Å²) in [5.41, 5.74) is 0. The number of carbonyl (C=O) groups is 1. The van der Waals surface area contributed by atoms with Crippen LogP contribution in [0.2, 0.25) is 4.34 Å². The molecule has 0 bridgehead atoms. The predicted octanol–water partition coefficient (Wildman–Crippen LogP) is 4.91. The normalized spacial score (nSPS) is 11.1. The second kappa shape index (κ2) is 3.96. The van der Waals surface area contributed by atoms with E-state index in [2.05, 4.69) is 0 Å². The van der Waals surface area contributed by atoms with E-state index in [1.165, 1.54) is 20.7 Å². The van der Waals surface area contributed by atoms with Crippen molar-refractivity contribution in [2.24, 2.45) is 0 Å². The molecule has 1 nitrogen and oxygen atoms in total. The van der Waals surface area contributed by atoms with Crippen molar-refractivity contribution >= 4 is 60.8 Å². The molecule has 80 valence electrons. The Hall–Kier alpha value is -0.680. The van der Waals surface area contributed by atoms with Crippen molar-refractivity contribution < 1.29 is 4.79 Å². The number of hydrogen-bond acceptors (Lipinski definition) is 4. The first-order valence-corrected chi connectivity index (χ1v) is 7.40. The number of halogens is 1. The SMILES string of the molecule is O=C(c1ccc(Cl)s1)c1cc2sccc2s1. The Morgan fingerprint density at radius 1 is 1.06 bits per heavy atom. The number of thiophene rings is 3. The number of fused-ring (bicyclic) bond motifs is 1. The first-order valence-electron chi connectivity index (χ1n) is 4.51. The standard InChI is InChI=1S/C11H5ClOS3/c12-10-2-1-7(16-10)11(13)9-5-8-6(15-9)3-4-14-8/h1-5H. The number of hydrogen-bond donors (Lipinski definition) is 0. The van der Waals surface area contributed by atoms with Crippen LogP contribution < -0.4 is 0 Å². The zero-order valence-electron chi connectivity index (χ0n) is 7.90. The van der Waals surface area contributed by atoms with Crippen molar-refractivity contribution in [2.45, 2.75) is 0 Å². The summed E-state index contributed by atoms with van der Waals surface area (Å²) < 4.78 is 3.01. The zero-order chi connectivity index (χ0) is 11.1. The van der Waals surface area contributed by atoms with Crippen molar-refractivity contribution in [3.8, 4) is 0 Å². The van der Waals surface area contributed by atoms with Gasteiger partial charge in [-0.05, 0) is 29.6 Å². The maximum absolute atomic E-state index is 12.1. The molecule has 16 heavy (non-hydrogen) atoms. The van der Waals surface area contributed by atoms with E-state index in [1.54, 1.807) is 34.8 Å². The van der Waals surface area contributed by atoms with Crippen LogP contribution in [-0.4, -0.2) is 5.78 Å². The lowest BCUT2D eigenvalue weighted by molar-refractivity contribution is 0.104. The number of ketones is 1. The quantitative estimate of drug-likeness (QED) is 0.611. The molecule has 0 unspecified atom stereocenters. The van der Waals surface area contributed by atoms with Gasteiger partial charge in [0.15, 0.2) is 0 Å². The average molecular weight is 285 g/mol. The summed E-state index contributed by atoms with van der Waals surface area (Å²) in [6, 6.07) is 7.54. The highest BCUT2D eigenvalue weighted by Gasteiger charge is 2.14. The molecule has 0 amide bonds. The Morgan fingerprint density at radius 3 is 2.62 bits per heavy atom. The van der Waals surface area contributed by atoms with E-state index in [4.69, 9.17) is 11.6 Å². The van der Waals surface area contributed by atoms with E-state index in [1.807, 2.05) is 17.5 Å². The zero-order valence-corrected chi connectivity index (χ0v) is 11.1. The van der Waals surface area contributed by atoms with Crippen LogP contribution in [-0.2, 0) is 0 Å². The van der Waals surface area contributed by atoms with Gasteiger partial charge in [-0.25, -0.2) is 0 Å². The van der Waals surface area contributed by atoms with Crippen molar-refractivity contribution in [1.29, 1.82) is 0 Å². The van der Waals surface area contributed by atoms with Gasteiger partial charge >= 0.3 is 0 Å². The molecule has 0 radical (unpaired) electrons. The third-order valence-electron chi connectivity index (χ3n) is 2.16. The molecular formula is C11H5ClOS3. The van der Waals surface area contributed by atoms with Gasteiger partial charge in [0.25, 0.3) is 0 Å². The van der Waals surface area contributed by atoms with Crippen LogP contribution in [0.3, 0.4) is 0 Å². The lowest BCUT2D eigenvalue weighted by atomic mass is 10.3. The third-order valence-corrected chi connectivity index (χ3v) is 5.48. The molecule has 0 aliphatic heterocycles. The monoisotopic (exact) mass is 284 g/mol. The Bertz CT molecular complexity index is 633. The molecule has 0 aliphatic carbocycles. The molecule has 0 aliphatic rings. The molecular weight excluding hydrogens is 280 g/mol. The fourth-order valence-electron chi connectivity index (χ4n) is 1.44. The minimum Gasteiger partial charge on any atom is -0.287 e. The van der Waals surface area contributed by atoms with Crippen LogP contribution in [0, 0.1) is 0 Å². The summed E-state index contributed by atoms with van der Waals surface area (Å²) in [5.74, 6) is 0.0744. The van der Waals surface area contributed by atoms with Gasteiger partial charge in [0.1, 0.15) is 0 Å². The van der Waals surface area contributed by atoms with Crippen LogP contribution >= 0.6 is 45.6 Å². The van der Waals surface area contributed by atoms with Gasteiger partial charge < -0.3 is 0 Å². The van der Waals surface area contributed by atoms with Gasteiger partial charge in [-0.3, -0.25) is 4.79 Å². The molecule has 5 heteroatoms. The average Bonchev–Trinajstić information content (AvgIpc) is 2.89. The Balaban J connectivity index is 2.04. The van der Waals surface area contributed by atoms with E-state index in [9.17, 15) is 4.79 Å². The molecule has 0 saturated heterocycles. The first kappa shape index (κ1) is 10.5. The first-order chi connectivity index (χ1) is 7.74. The number of rotatable bonds is 2. The summed E-state index contributed by atoms with van der Waals surface area (Å²) in [7, 11) is 0. The van der Waals surface area contributed by atoms with Gasteiger partial charge in [-0.1, -0.05) is 11.6 Å². The topological polar surface area (TPSA) is 17.1 Å². The molecule has 0 fully saturated rings. The highest BCUT2D eigenvalue weighted by atomic mass is 35.5. The molecule has 3 rings (SSSR count). The minimum absolute atomic E-state index is 0.0744. The van der Waals surface area contributed by atoms with Gasteiger partial charge in [-0.15, -0.1) is 34.0 Å². The van der Waals surface area contributed by atoms with Gasteiger partial charge in [0.2, 0.25) is 5.78 Å². The van der Waals surface area contributed by atoms with Crippen LogP contribution in [0.4, 0.5) is 0 Å². The van der Waals surface area contributed by atoms with E-state index in [-0.39, 0.29) is 5.78 Å². The molecule has 3 heterocycles. The molecule has 0 N–H and O–H groups in total. The summed E-state index contributed by atoms with van der Waals surface area (Å²) in [5, 5.41) is 2.04. The Morgan fingerprint density at radius 2 is 1.94 bits per heavy atom. The summed E-state index contributed by atoms with van der Waals surface area (Å²) in [6.45, 7) is 0. The third kappa shape index (κ3) is 1.72. The van der Waals surface area contributed by atoms with E-state index in [0.29, 0.717) is 9.21 Å². The van der Waals surface area contributed by atoms with Crippen molar-refractivity contribution in [3.05, 3.63) is 43.7 Å². The van der Waals surface area contributed by atoms with Crippen LogP contribution in [0.1, 0.15) is 14.5 Å². The van der Waals surface area contributed by atoms with Gasteiger partial charge in [0, 0.05) is 9.40 Å². The maximum atomic E-state index is 12.1. The molecule has 0 aromatic carbocycles. The smallest absolute Gasteiger partial charge is 0.212 e. The van der Waals surface area contributed by atoms with Crippen molar-refractivity contribution in [3.63, 3.8) is 0 Å². The molecule has 0 saturated carbocycles. The fourth-order valence-corrected chi connectivity index (χ4v) is 4.56. The summed E-state index contributed by atoms with van der Waals surface area (Å²) >= 11 is 10.4. The highest BCUT2D eigenvalue weighted by molar-refractivity contribution is 7.28. The van der Waals surface area contributed by atoms with Crippen molar-refractivity contribution in [2.75, 3.05) is 0 Å². The number of carbonyl (C=O) groups excluding carboxylic acids is 1. The summed E-state index contributed by atoms with van der Waals surface area (Å²) in [4.78, 5) is 13.6. The lowest BCUT2D eigenvalue weighted by Crippen LogP contribution is -1.93. The van der Waals surface area contributed by atoms with Crippen LogP contribution in [0.5, 0.6) is 0 Å². The Kier molecular flexibility index (Phi) is 2.59. The second-order valence-electron chi connectivity index (χ2n) is 3.19. The van der Waals surface area contributed by atoms with E-state index < -0.39 is 0 Å². The molecule has 0 atom stereocenters. The minimum atomic E-state index is 0.0744. The molecule has 3 aromatic rings. The summed E-state index contributed by atoms with van der Waals surface area (Å²) in [6.07, 6.45) is 0. The highest BCUT2D eigenvalue weighted by Crippen LogP contribution is 2.33. The maximum Gasteiger partial charge on any atom is 0.212 e. The second-order valence-corrected chi connectivity index (χ2v) is 6.94.